The van der Waals surface area contributed by atoms with E-state index in [1.807, 2.05) is 13.0 Å². The van der Waals surface area contributed by atoms with E-state index in [1.54, 1.807) is 12.3 Å². The number of hydrogen-bond acceptors (Lipinski definition) is 2. The van der Waals surface area contributed by atoms with Crippen molar-refractivity contribution in [3.63, 3.8) is 0 Å². The second-order valence-corrected chi connectivity index (χ2v) is 4.06. The molecule has 0 aliphatic rings. The van der Waals surface area contributed by atoms with Crippen molar-refractivity contribution >= 4 is 0 Å². The molecule has 0 saturated carbocycles. The van der Waals surface area contributed by atoms with Crippen LogP contribution in [0.1, 0.15) is 24.3 Å². The summed E-state index contributed by atoms with van der Waals surface area (Å²) in [7, 11) is 0. The zero-order valence-electron chi connectivity index (χ0n) is 10.1. The van der Waals surface area contributed by atoms with E-state index in [1.165, 1.54) is 12.1 Å². The monoisotopic (exact) mass is 251 g/mol. The molecule has 4 heteroatoms. The van der Waals surface area contributed by atoms with Crippen LogP contribution in [0.4, 0.5) is 8.78 Å². The van der Waals surface area contributed by atoms with Crippen LogP contribution in [0.3, 0.4) is 0 Å². The van der Waals surface area contributed by atoms with Crippen molar-refractivity contribution in [3.8, 4) is 0 Å². The number of likely N-dealkylation sites (N-methyl/N-ethyl adjacent to an activating group) is 1. The molecular formula is C14H15F2NO. The summed E-state index contributed by atoms with van der Waals surface area (Å²) in [5, 5.41) is 3.18. The fourth-order valence-corrected chi connectivity index (χ4v) is 1.95. The summed E-state index contributed by atoms with van der Waals surface area (Å²) in [4.78, 5) is 0. The van der Waals surface area contributed by atoms with Crippen LogP contribution in [-0.2, 0) is 6.42 Å². The van der Waals surface area contributed by atoms with E-state index in [2.05, 4.69) is 5.32 Å². The van der Waals surface area contributed by atoms with Crippen molar-refractivity contribution in [1.29, 1.82) is 0 Å². The number of nitrogens with one attached hydrogen (secondary N) is 1. The highest BCUT2D eigenvalue weighted by molar-refractivity contribution is 5.23. The van der Waals surface area contributed by atoms with Gasteiger partial charge in [-0.05, 0) is 24.7 Å². The second-order valence-electron chi connectivity index (χ2n) is 4.06. The maximum Gasteiger partial charge on any atom is 0.130 e. The third-order valence-electron chi connectivity index (χ3n) is 2.77. The third-order valence-corrected chi connectivity index (χ3v) is 2.77. The Hall–Kier alpha value is -1.68. The highest BCUT2D eigenvalue weighted by Gasteiger charge is 2.17. The maximum absolute atomic E-state index is 13.7. The van der Waals surface area contributed by atoms with Gasteiger partial charge in [-0.25, -0.2) is 8.78 Å². The summed E-state index contributed by atoms with van der Waals surface area (Å²) in [6.45, 7) is 2.64. The summed E-state index contributed by atoms with van der Waals surface area (Å²) in [6, 6.07) is 7.06. The van der Waals surface area contributed by atoms with Crippen LogP contribution in [0.5, 0.6) is 0 Å². The van der Waals surface area contributed by atoms with Crippen molar-refractivity contribution in [3.05, 3.63) is 59.6 Å². The Balaban J connectivity index is 2.23. The highest BCUT2D eigenvalue weighted by atomic mass is 19.1. The average Bonchev–Trinajstić information content (AvgIpc) is 2.81. The minimum absolute atomic E-state index is 0.221. The van der Waals surface area contributed by atoms with Gasteiger partial charge in [-0.3, -0.25) is 0 Å². The lowest BCUT2D eigenvalue weighted by Crippen LogP contribution is -2.23. The molecule has 1 unspecified atom stereocenters. The van der Waals surface area contributed by atoms with Crippen LogP contribution < -0.4 is 5.32 Å². The predicted molar refractivity (Wildman–Crippen MR) is 65.2 cm³/mol. The molecule has 2 aromatic rings. The molecule has 1 aromatic carbocycles. The van der Waals surface area contributed by atoms with Gasteiger partial charge in [-0.2, -0.15) is 0 Å². The summed E-state index contributed by atoms with van der Waals surface area (Å²) >= 11 is 0. The van der Waals surface area contributed by atoms with E-state index >= 15 is 0 Å². The molecule has 2 nitrogen and oxygen atoms in total. The summed E-state index contributed by atoms with van der Waals surface area (Å²) in [6.07, 6.45) is 2.11. The Kier molecular flexibility index (Phi) is 4.10. The minimum atomic E-state index is -0.565. The van der Waals surface area contributed by atoms with Crippen LogP contribution >= 0.6 is 0 Å². The van der Waals surface area contributed by atoms with Crippen molar-refractivity contribution in [1.82, 2.24) is 5.32 Å². The largest absolute Gasteiger partial charge is 0.469 e. The van der Waals surface area contributed by atoms with Gasteiger partial charge >= 0.3 is 0 Å². The van der Waals surface area contributed by atoms with Crippen molar-refractivity contribution in [2.24, 2.45) is 0 Å². The first-order valence-corrected chi connectivity index (χ1v) is 5.91. The van der Waals surface area contributed by atoms with Gasteiger partial charge in [-0.15, -0.1) is 0 Å². The Labute approximate surface area is 105 Å². The van der Waals surface area contributed by atoms with Gasteiger partial charge in [0.2, 0.25) is 0 Å². The van der Waals surface area contributed by atoms with Crippen LogP contribution in [0.2, 0.25) is 0 Å². The lowest BCUT2D eigenvalue weighted by atomic mass is 10.0. The molecule has 1 aromatic heterocycles. The average molecular weight is 251 g/mol. The summed E-state index contributed by atoms with van der Waals surface area (Å²) in [5.74, 6) is -0.332. The van der Waals surface area contributed by atoms with E-state index in [4.69, 9.17) is 4.42 Å². The molecule has 1 heterocycles. The first-order chi connectivity index (χ1) is 8.70. The highest BCUT2D eigenvalue weighted by Crippen LogP contribution is 2.22. The topological polar surface area (TPSA) is 25.2 Å². The molecule has 0 fully saturated rings. The van der Waals surface area contributed by atoms with Gasteiger partial charge in [0.05, 0.1) is 6.26 Å². The number of halogens is 2. The lowest BCUT2D eigenvalue weighted by molar-refractivity contribution is 0.442. The van der Waals surface area contributed by atoms with Crippen LogP contribution in [0.15, 0.2) is 41.0 Å². The van der Waals surface area contributed by atoms with Gasteiger partial charge in [0.1, 0.15) is 17.4 Å². The smallest absolute Gasteiger partial charge is 0.130 e. The molecular weight excluding hydrogens is 236 g/mol. The SMILES string of the molecule is CCNC(Cc1ccco1)c1ccc(F)cc1F. The molecule has 0 bridgehead atoms. The zero-order chi connectivity index (χ0) is 13.0. The molecule has 1 atom stereocenters. The van der Waals surface area contributed by atoms with Gasteiger partial charge in [0.15, 0.2) is 0 Å². The molecule has 0 saturated heterocycles. The van der Waals surface area contributed by atoms with Crippen LogP contribution in [0, 0.1) is 11.6 Å². The minimum Gasteiger partial charge on any atom is -0.469 e. The molecule has 0 radical (unpaired) electrons. The lowest BCUT2D eigenvalue weighted by Gasteiger charge is -2.17. The molecule has 0 aliphatic heterocycles. The van der Waals surface area contributed by atoms with E-state index in [0.29, 0.717) is 18.5 Å². The van der Waals surface area contributed by atoms with E-state index in [-0.39, 0.29) is 6.04 Å². The molecule has 0 spiro atoms. The van der Waals surface area contributed by atoms with E-state index < -0.39 is 11.6 Å². The van der Waals surface area contributed by atoms with Gasteiger partial charge in [-0.1, -0.05) is 13.0 Å². The Morgan fingerprint density at radius 3 is 2.72 bits per heavy atom. The molecule has 96 valence electrons. The zero-order valence-corrected chi connectivity index (χ0v) is 10.1. The summed E-state index contributed by atoms with van der Waals surface area (Å²) < 4.78 is 31.9. The van der Waals surface area contributed by atoms with E-state index in [9.17, 15) is 8.78 Å². The first kappa shape index (κ1) is 12.8. The first-order valence-electron chi connectivity index (χ1n) is 5.91. The molecule has 18 heavy (non-hydrogen) atoms. The molecule has 0 aliphatic carbocycles. The fourth-order valence-electron chi connectivity index (χ4n) is 1.95. The Morgan fingerprint density at radius 2 is 2.11 bits per heavy atom. The Bertz CT molecular complexity index is 497. The second kappa shape index (κ2) is 5.78. The predicted octanol–water partition coefficient (Wildman–Crippen LogP) is 3.45. The summed E-state index contributed by atoms with van der Waals surface area (Å²) in [5.41, 5.74) is 0.453. The third kappa shape index (κ3) is 2.96. The standard InChI is InChI=1S/C14H15F2NO/c1-2-17-14(9-11-4-3-7-18-11)12-6-5-10(15)8-13(12)16/h3-8,14,17H,2,9H2,1H3. The normalized spacial score (nSPS) is 12.6. The van der Waals surface area contributed by atoms with Crippen molar-refractivity contribution < 1.29 is 13.2 Å². The number of benzene rings is 1. The Morgan fingerprint density at radius 1 is 1.28 bits per heavy atom. The quantitative estimate of drug-likeness (QED) is 0.880. The van der Waals surface area contributed by atoms with Gasteiger partial charge in [0.25, 0.3) is 0 Å². The van der Waals surface area contributed by atoms with E-state index in [0.717, 1.165) is 11.8 Å². The maximum atomic E-state index is 13.7. The van der Waals surface area contributed by atoms with Crippen LogP contribution in [0.25, 0.3) is 0 Å². The van der Waals surface area contributed by atoms with Crippen molar-refractivity contribution in [2.75, 3.05) is 6.54 Å². The molecule has 2 rings (SSSR count). The van der Waals surface area contributed by atoms with Crippen LogP contribution in [-0.4, -0.2) is 6.54 Å². The molecule has 1 N–H and O–H groups in total. The fraction of sp³-hybridized carbons (Fsp3) is 0.286. The number of hydrogen-bond donors (Lipinski definition) is 1. The molecule has 0 amide bonds. The van der Waals surface area contributed by atoms with Gasteiger partial charge < -0.3 is 9.73 Å². The van der Waals surface area contributed by atoms with Gasteiger partial charge in [0, 0.05) is 24.1 Å². The number of rotatable bonds is 5. The number of furan rings is 1. The van der Waals surface area contributed by atoms with Crippen molar-refractivity contribution in [2.45, 2.75) is 19.4 Å².